The van der Waals surface area contributed by atoms with Gasteiger partial charge in [-0.05, 0) is 25.1 Å². The minimum absolute atomic E-state index is 0.0626. The quantitative estimate of drug-likeness (QED) is 0.480. The Bertz CT molecular complexity index is 1130. The van der Waals surface area contributed by atoms with Crippen molar-refractivity contribution in [2.45, 2.75) is 13.1 Å². The van der Waals surface area contributed by atoms with E-state index in [0.717, 1.165) is 23.0 Å². The van der Waals surface area contributed by atoms with Gasteiger partial charge in [-0.2, -0.15) is 18.3 Å². The summed E-state index contributed by atoms with van der Waals surface area (Å²) in [6, 6.07) is 3.26. The van der Waals surface area contributed by atoms with Gasteiger partial charge in [-0.1, -0.05) is 0 Å². The highest BCUT2D eigenvalue weighted by molar-refractivity contribution is 6.04. The summed E-state index contributed by atoms with van der Waals surface area (Å²) in [5.41, 5.74) is -2.20. The van der Waals surface area contributed by atoms with Crippen LogP contribution in [0.15, 0.2) is 30.6 Å². The molecule has 1 amide bonds. The Hall–Kier alpha value is -3.70. The number of hydrogen-bond donors (Lipinski definition) is 2. The number of nitrogens with zero attached hydrogens (tertiary/aromatic N) is 3. The smallest absolute Gasteiger partial charge is 0.419 e. The lowest BCUT2D eigenvalue weighted by Crippen LogP contribution is -2.31. The van der Waals surface area contributed by atoms with Crippen LogP contribution in [0.25, 0.3) is 16.9 Å². The second kappa shape index (κ2) is 7.97. The molecule has 0 atom stereocenters. The van der Waals surface area contributed by atoms with Crippen molar-refractivity contribution in [2.75, 3.05) is 13.2 Å². The SMILES string of the molecule is CCOC(=O)CNC(=O)c1c(O)cc(-c2ccc(F)c(C(F)(F)F)c2)n2ncnc12. The van der Waals surface area contributed by atoms with Gasteiger partial charge in [0.15, 0.2) is 5.65 Å². The summed E-state index contributed by atoms with van der Waals surface area (Å²) in [4.78, 5) is 27.7. The van der Waals surface area contributed by atoms with Crippen molar-refractivity contribution in [2.24, 2.45) is 0 Å². The van der Waals surface area contributed by atoms with E-state index in [1.165, 1.54) is 0 Å². The van der Waals surface area contributed by atoms with Crippen molar-refractivity contribution in [3.05, 3.63) is 47.5 Å². The first kappa shape index (κ1) is 21.0. The minimum atomic E-state index is -4.93. The van der Waals surface area contributed by atoms with E-state index in [9.17, 15) is 32.3 Å². The molecule has 0 unspecified atom stereocenters. The monoisotopic (exact) mass is 426 g/mol. The Balaban J connectivity index is 2.05. The number of aromatic nitrogens is 3. The zero-order valence-electron chi connectivity index (χ0n) is 15.3. The number of hydrogen-bond acceptors (Lipinski definition) is 6. The summed E-state index contributed by atoms with van der Waals surface area (Å²) in [5, 5.41) is 16.5. The van der Waals surface area contributed by atoms with Gasteiger partial charge in [-0.3, -0.25) is 9.59 Å². The maximum Gasteiger partial charge on any atom is 0.419 e. The Labute approximate surface area is 166 Å². The Morgan fingerprint density at radius 1 is 1.27 bits per heavy atom. The number of pyridine rings is 1. The zero-order valence-corrected chi connectivity index (χ0v) is 15.3. The fourth-order valence-corrected chi connectivity index (χ4v) is 2.74. The molecular formula is C18H14F4N4O4. The van der Waals surface area contributed by atoms with Crippen molar-refractivity contribution >= 4 is 17.5 Å². The number of benzene rings is 1. The second-order valence-corrected chi connectivity index (χ2v) is 5.97. The number of rotatable bonds is 5. The number of nitrogens with one attached hydrogen (secondary N) is 1. The molecule has 0 saturated carbocycles. The summed E-state index contributed by atoms with van der Waals surface area (Å²) in [7, 11) is 0. The fraction of sp³-hybridized carbons (Fsp3) is 0.222. The summed E-state index contributed by atoms with van der Waals surface area (Å²) < 4.78 is 58.4. The van der Waals surface area contributed by atoms with Gasteiger partial charge < -0.3 is 15.2 Å². The van der Waals surface area contributed by atoms with Crippen LogP contribution in [0.3, 0.4) is 0 Å². The minimum Gasteiger partial charge on any atom is -0.507 e. The van der Waals surface area contributed by atoms with E-state index < -0.39 is 41.7 Å². The topological polar surface area (TPSA) is 106 Å². The van der Waals surface area contributed by atoms with Crippen LogP contribution in [0, 0.1) is 5.82 Å². The predicted molar refractivity (Wildman–Crippen MR) is 94.0 cm³/mol. The average molecular weight is 426 g/mol. The van der Waals surface area contributed by atoms with Crippen molar-refractivity contribution in [1.29, 1.82) is 0 Å². The molecule has 2 N–H and O–H groups in total. The van der Waals surface area contributed by atoms with Crippen LogP contribution in [0.4, 0.5) is 17.6 Å². The zero-order chi connectivity index (χ0) is 22.1. The fourth-order valence-electron chi connectivity index (χ4n) is 2.74. The number of aromatic hydroxyl groups is 1. The van der Waals surface area contributed by atoms with Crippen LogP contribution in [-0.2, 0) is 15.7 Å². The van der Waals surface area contributed by atoms with E-state index in [4.69, 9.17) is 0 Å². The highest BCUT2D eigenvalue weighted by atomic mass is 19.4. The molecule has 158 valence electrons. The van der Waals surface area contributed by atoms with Crippen LogP contribution in [0.2, 0.25) is 0 Å². The third-order valence-electron chi connectivity index (χ3n) is 4.02. The molecule has 2 heterocycles. The van der Waals surface area contributed by atoms with Crippen molar-refractivity contribution in [1.82, 2.24) is 19.9 Å². The van der Waals surface area contributed by atoms with E-state index in [-0.39, 0.29) is 29.1 Å². The van der Waals surface area contributed by atoms with Gasteiger partial charge in [-0.25, -0.2) is 13.9 Å². The first-order chi connectivity index (χ1) is 14.1. The van der Waals surface area contributed by atoms with Crippen LogP contribution in [0.5, 0.6) is 5.75 Å². The standard InChI is InChI=1S/C18H14F4N4O4/c1-2-30-14(28)7-23-17(29)15-13(27)6-12(26-16(15)24-8-25-26)9-3-4-11(19)10(5-9)18(20,21)22/h3-6,8,27H,2,7H2,1H3,(H,23,29). The molecule has 3 aromatic rings. The molecule has 0 radical (unpaired) electrons. The van der Waals surface area contributed by atoms with E-state index in [0.29, 0.717) is 12.1 Å². The van der Waals surface area contributed by atoms with E-state index >= 15 is 0 Å². The lowest BCUT2D eigenvalue weighted by atomic mass is 10.0. The Morgan fingerprint density at radius 2 is 2.00 bits per heavy atom. The molecule has 0 fully saturated rings. The van der Waals surface area contributed by atoms with E-state index in [1.807, 2.05) is 0 Å². The highest BCUT2D eigenvalue weighted by Crippen LogP contribution is 2.35. The van der Waals surface area contributed by atoms with Gasteiger partial charge in [0.05, 0.1) is 17.9 Å². The normalized spacial score (nSPS) is 11.5. The number of amides is 1. The molecule has 0 spiro atoms. The van der Waals surface area contributed by atoms with Crippen LogP contribution in [-0.4, -0.2) is 44.7 Å². The molecule has 0 aliphatic heterocycles. The summed E-state index contributed by atoms with van der Waals surface area (Å²) in [6.07, 6.45) is -3.91. The molecule has 1 aromatic carbocycles. The lowest BCUT2D eigenvalue weighted by Gasteiger charge is -2.13. The van der Waals surface area contributed by atoms with Crippen LogP contribution >= 0.6 is 0 Å². The molecule has 0 saturated heterocycles. The van der Waals surface area contributed by atoms with Crippen molar-refractivity contribution in [3.63, 3.8) is 0 Å². The Kier molecular flexibility index (Phi) is 5.58. The molecule has 0 aliphatic rings. The predicted octanol–water partition coefficient (Wildman–Crippen LogP) is 2.55. The number of halogens is 4. The molecule has 3 rings (SSSR count). The Morgan fingerprint density at radius 3 is 2.67 bits per heavy atom. The maximum absolute atomic E-state index is 13.6. The number of ether oxygens (including phenoxy) is 1. The number of alkyl halides is 3. The van der Waals surface area contributed by atoms with E-state index in [1.54, 1.807) is 6.92 Å². The second-order valence-electron chi connectivity index (χ2n) is 5.97. The molecular weight excluding hydrogens is 412 g/mol. The van der Waals surface area contributed by atoms with Gasteiger partial charge in [0.25, 0.3) is 5.91 Å². The molecule has 2 aromatic heterocycles. The largest absolute Gasteiger partial charge is 0.507 e. The summed E-state index contributed by atoms with van der Waals surface area (Å²) in [6.45, 7) is 1.23. The molecule has 0 aliphatic carbocycles. The van der Waals surface area contributed by atoms with Gasteiger partial charge in [0, 0.05) is 11.6 Å². The third kappa shape index (κ3) is 4.02. The number of carbonyl (C=O) groups is 2. The van der Waals surface area contributed by atoms with Crippen molar-refractivity contribution in [3.8, 4) is 17.0 Å². The van der Waals surface area contributed by atoms with Gasteiger partial charge in [-0.15, -0.1) is 0 Å². The average Bonchev–Trinajstić information content (AvgIpc) is 3.14. The molecule has 12 heteroatoms. The number of fused-ring (bicyclic) bond motifs is 1. The summed E-state index contributed by atoms with van der Waals surface area (Å²) in [5.74, 6) is -3.66. The summed E-state index contributed by atoms with van der Waals surface area (Å²) >= 11 is 0. The van der Waals surface area contributed by atoms with Crippen LogP contribution < -0.4 is 5.32 Å². The third-order valence-corrected chi connectivity index (χ3v) is 4.02. The first-order valence-corrected chi connectivity index (χ1v) is 8.50. The van der Waals surface area contributed by atoms with Gasteiger partial charge >= 0.3 is 12.1 Å². The van der Waals surface area contributed by atoms with Gasteiger partial charge in [0.2, 0.25) is 0 Å². The highest BCUT2D eigenvalue weighted by Gasteiger charge is 2.34. The molecule has 8 nitrogen and oxygen atoms in total. The van der Waals surface area contributed by atoms with E-state index in [2.05, 4.69) is 20.1 Å². The molecule has 0 bridgehead atoms. The van der Waals surface area contributed by atoms with Crippen LogP contribution in [0.1, 0.15) is 22.8 Å². The van der Waals surface area contributed by atoms with Gasteiger partial charge in [0.1, 0.15) is 30.0 Å². The first-order valence-electron chi connectivity index (χ1n) is 8.50. The number of esters is 1. The molecule has 30 heavy (non-hydrogen) atoms. The number of carbonyl (C=O) groups excluding carboxylic acids is 2. The lowest BCUT2D eigenvalue weighted by molar-refractivity contribution is -0.142. The van der Waals surface area contributed by atoms with Crippen molar-refractivity contribution < 1.29 is 37.0 Å². The maximum atomic E-state index is 13.6.